The highest BCUT2D eigenvalue weighted by Gasteiger charge is 2.19. The highest BCUT2D eigenvalue weighted by molar-refractivity contribution is 6.05. The van der Waals surface area contributed by atoms with Crippen LogP contribution in [-0.4, -0.2) is 46.2 Å². The molecule has 24 heavy (non-hydrogen) atoms. The van der Waals surface area contributed by atoms with Gasteiger partial charge in [0.15, 0.2) is 0 Å². The Balaban J connectivity index is 1.86. The second-order valence-electron chi connectivity index (χ2n) is 5.57. The van der Waals surface area contributed by atoms with Crippen LogP contribution in [0, 0.1) is 0 Å². The van der Waals surface area contributed by atoms with E-state index in [9.17, 15) is 4.79 Å². The number of carbonyl (C=O) groups excluding carboxylic acids is 1. The number of pyridine rings is 1. The summed E-state index contributed by atoms with van der Waals surface area (Å²) >= 11 is 0. The van der Waals surface area contributed by atoms with Crippen molar-refractivity contribution in [1.82, 2.24) is 20.1 Å². The third-order valence-corrected chi connectivity index (χ3v) is 3.89. The summed E-state index contributed by atoms with van der Waals surface area (Å²) in [6.45, 7) is 1.78. The van der Waals surface area contributed by atoms with Gasteiger partial charge < -0.3 is 9.64 Å². The maximum Gasteiger partial charge on any atom is 0.256 e. The van der Waals surface area contributed by atoms with Gasteiger partial charge >= 0.3 is 0 Å². The molecule has 0 bridgehead atoms. The average Bonchev–Trinajstić information content (AvgIpc) is 3.10. The van der Waals surface area contributed by atoms with Gasteiger partial charge in [0.05, 0.1) is 17.3 Å². The van der Waals surface area contributed by atoms with Crippen molar-refractivity contribution in [2.24, 2.45) is 0 Å². The van der Waals surface area contributed by atoms with Crippen molar-refractivity contribution in [2.45, 2.75) is 13.0 Å². The number of amides is 1. The van der Waals surface area contributed by atoms with Crippen LogP contribution in [0.1, 0.15) is 22.3 Å². The van der Waals surface area contributed by atoms with E-state index in [1.165, 1.54) is 0 Å². The zero-order valence-electron chi connectivity index (χ0n) is 13.6. The number of para-hydroxylation sites is 1. The van der Waals surface area contributed by atoms with Crippen molar-refractivity contribution in [3.63, 3.8) is 0 Å². The number of carbonyl (C=O) groups is 1. The number of nitrogens with one attached hydrogen (secondary N) is 1. The molecule has 0 radical (unpaired) electrons. The molecule has 0 aliphatic heterocycles. The summed E-state index contributed by atoms with van der Waals surface area (Å²) in [4.78, 5) is 18.9. The number of methoxy groups -OCH3 is 1. The number of benzene rings is 1. The van der Waals surface area contributed by atoms with Crippen LogP contribution in [0.5, 0.6) is 0 Å². The first-order valence-corrected chi connectivity index (χ1v) is 7.89. The van der Waals surface area contributed by atoms with Crippen LogP contribution in [0.2, 0.25) is 0 Å². The van der Waals surface area contributed by atoms with Crippen LogP contribution in [-0.2, 0) is 11.3 Å². The summed E-state index contributed by atoms with van der Waals surface area (Å²) in [5.41, 5.74) is 2.46. The maximum atomic E-state index is 13.1. The summed E-state index contributed by atoms with van der Waals surface area (Å²) in [7, 11) is 1.67. The van der Waals surface area contributed by atoms with Gasteiger partial charge in [-0.25, -0.2) is 0 Å². The zero-order chi connectivity index (χ0) is 16.8. The first-order valence-electron chi connectivity index (χ1n) is 7.89. The number of ether oxygens (including phenoxy) is 1. The summed E-state index contributed by atoms with van der Waals surface area (Å²) < 4.78 is 5.12. The van der Waals surface area contributed by atoms with E-state index in [1.54, 1.807) is 25.7 Å². The molecule has 6 heteroatoms. The molecule has 1 amide bonds. The summed E-state index contributed by atoms with van der Waals surface area (Å²) in [6, 6.07) is 9.50. The van der Waals surface area contributed by atoms with Gasteiger partial charge in [0.2, 0.25) is 0 Å². The molecule has 0 aliphatic carbocycles. The molecule has 3 rings (SSSR count). The summed E-state index contributed by atoms with van der Waals surface area (Å²) in [5.74, 6) is -0.0160. The second kappa shape index (κ2) is 7.70. The van der Waals surface area contributed by atoms with Crippen LogP contribution in [0.25, 0.3) is 10.9 Å². The summed E-state index contributed by atoms with van der Waals surface area (Å²) in [5, 5.41) is 7.89. The van der Waals surface area contributed by atoms with Gasteiger partial charge in [0.25, 0.3) is 5.91 Å². The molecule has 2 heterocycles. The van der Waals surface area contributed by atoms with Crippen LogP contribution in [0.15, 0.2) is 48.9 Å². The normalized spacial score (nSPS) is 10.9. The quantitative estimate of drug-likeness (QED) is 0.678. The second-order valence-corrected chi connectivity index (χ2v) is 5.57. The fourth-order valence-electron chi connectivity index (χ4n) is 2.68. The van der Waals surface area contributed by atoms with Gasteiger partial charge in [-0.3, -0.25) is 14.9 Å². The number of hydrogen-bond donors (Lipinski definition) is 1. The van der Waals surface area contributed by atoms with Crippen molar-refractivity contribution in [3.05, 3.63) is 60.0 Å². The topological polar surface area (TPSA) is 71.1 Å². The minimum Gasteiger partial charge on any atom is -0.385 e. The molecule has 2 aromatic heterocycles. The third kappa shape index (κ3) is 3.60. The Morgan fingerprint density at radius 1 is 1.25 bits per heavy atom. The predicted molar refractivity (Wildman–Crippen MR) is 91.6 cm³/mol. The smallest absolute Gasteiger partial charge is 0.256 e. The van der Waals surface area contributed by atoms with Crippen molar-refractivity contribution in [3.8, 4) is 0 Å². The monoisotopic (exact) mass is 324 g/mol. The Kier molecular flexibility index (Phi) is 5.18. The Morgan fingerprint density at radius 3 is 2.88 bits per heavy atom. The minimum absolute atomic E-state index is 0.0160. The van der Waals surface area contributed by atoms with Gasteiger partial charge in [0, 0.05) is 44.6 Å². The van der Waals surface area contributed by atoms with E-state index < -0.39 is 0 Å². The predicted octanol–water partition coefficient (Wildman–Crippen LogP) is 2.64. The van der Waals surface area contributed by atoms with Crippen LogP contribution in [0.3, 0.4) is 0 Å². The Bertz CT molecular complexity index is 801. The number of fused-ring (bicyclic) bond motifs is 1. The van der Waals surface area contributed by atoms with Gasteiger partial charge in [-0.15, -0.1) is 0 Å². The van der Waals surface area contributed by atoms with E-state index in [0.29, 0.717) is 25.3 Å². The lowest BCUT2D eigenvalue weighted by atomic mass is 10.1. The first kappa shape index (κ1) is 16.1. The Morgan fingerprint density at radius 2 is 2.08 bits per heavy atom. The van der Waals surface area contributed by atoms with Crippen LogP contribution in [0.4, 0.5) is 0 Å². The Hall–Kier alpha value is -2.73. The third-order valence-electron chi connectivity index (χ3n) is 3.89. The molecule has 0 spiro atoms. The zero-order valence-corrected chi connectivity index (χ0v) is 13.6. The molecule has 124 valence electrons. The fraction of sp³-hybridized carbons (Fsp3) is 0.278. The van der Waals surface area contributed by atoms with Gasteiger partial charge in [-0.2, -0.15) is 5.10 Å². The molecule has 0 unspecified atom stereocenters. The Labute approximate surface area is 140 Å². The largest absolute Gasteiger partial charge is 0.385 e. The SMILES string of the molecule is COCCCN(Cc1ccncc1)C(=O)c1cccc2cn[nH]c12. The average molecular weight is 324 g/mol. The number of hydrogen-bond acceptors (Lipinski definition) is 4. The van der Waals surface area contributed by atoms with Crippen molar-refractivity contribution >= 4 is 16.8 Å². The molecule has 0 aliphatic rings. The van der Waals surface area contributed by atoms with Crippen molar-refractivity contribution in [1.29, 1.82) is 0 Å². The molecule has 0 fully saturated rings. The van der Waals surface area contributed by atoms with Crippen LogP contribution >= 0.6 is 0 Å². The minimum atomic E-state index is -0.0160. The van der Waals surface area contributed by atoms with Crippen molar-refractivity contribution < 1.29 is 9.53 Å². The van der Waals surface area contributed by atoms with E-state index >= 15 is 0 Å². The van der Waals surface area contributed by atoms with Gasteiger partial charge in [-0.1, -0.05) is 12.1 Å². The number of H-pyrrole nitrogens is 1. The van der Waals surface area contributed by atoms with Gasteiger partial charge in [-0.05, 0) is 30.2 Å². The highest BCUT2D eigenvalue weighted by atomic mass is 16.5. The highest BCUT2D eigenvalue weighted by Crippen LogP contribution is 2.19. The van der Waals surface area contributed by atoms with E-state index in [0.717, 1.165) is 22.9 Å². The first-order chi connectivity index (χ1) is 11.8. The summed E-state index contributed by atoms with van der Waals surface area (Å²) in [6.07, 6.45) is 5.99. The molecule has 0 atom stereocenters. The molecule has 1 aromatic carbocycles. The lowest BCUT2D eigenvalue weighted by Crippen LogP contribution is -2.32. The molecule has 1 N–H and O–H groups in total. The fourth-order valence-corrected chi connectivity index (χ4v) is 2.68. The molecule has 0 saturated heterocycles. The van der Waals surface area contributed by atoms with E-state index in [1.807, 2.05) is 35.2 Å². The van der Waals surface area contributed by atoms with E-state index in [2.05, 4.69) is 15.2 Å². The lowest BCUT2D eigenvalue weighted by Gasteiger charge is -2.23. The molecular weight excluding hydrogens is 304 g/mol. The lowest BCUT2D eigenvalue weighted by molar-refractivity contribution is 0.0725. The maximum absolute atomic E-state index is 13.1. The standard InChI is InChI=1S/C18H20N4O2/c1-24-11-3-10-22(13-14-6-8-19-9-7-14)18(23)16-5-2-4-15-12-20-21-17(15)16/h2,4-9,12H,3,10-11,13H2,1H3,(H,20,21). The molecule has 3 aromatic rings. The number of aromatic nitrogens is 3. The van der Waals surface area contributed by atoms with Crippen molar-refractivity contribution in [2.75, 3.05) is 20.3 Å². The number of rotatable bonds is 7. The molecule has 0 saturated carbocycles. The number of nitrogens with zero attached hydrogens (tertiary/aromatic N) is 3. The van der Waals surface area contributed by atoms with Gasteiger partial charge in [0.1, 0.15) is 0 Å². The molecule has 6 nitrogen and oxygen atoms in total. The van der Waals surface area contributed by atoms with Crippen LogP contribution < -0.4 is 0 Å². The number of aromatic amines is 1. The van der Waals surface area contributed by atoms with E-state index in [4.69, 9.17) is 4.74 Å². The van der Waals surface area contributed by atoms with E-state index in [-0.39, 0.29) is 5.91 Å². The molecular formula is C18H20N4O2.